The van der Waals surface area contributed by atoms with Crippen molar-refractivity contribution in [3.05, 3.63) is 24.2 Å². The van der Waals surface area contributed by atoms with Gasteiger partial charge in [-0.1, -0.05) is 6.42 Å². The maximum atomic E-state index is 5.43. The van der Waals surface area contributed by atoms with Crippen LogP contribution in [0.1, 0.15) is 38.0 Å². The minimum Gasteiger partial charge on any atom is -0.468 e. The Bertz CT molecular complexity index is 392. The van der Waals surface area contributed by atoms with E-state index in [0.29, 0.717) is 6.04 Å². The van der Waals surface area contributed by atoms with Gasteiger partial charge >= 0.3 is 0 Å². The molecule has 112 valence electrons. The molecule has 0 aliphatic carbocycles. The summed E-state index contributed by atoms with van der Waals surface area (Å²) in [5.74, 6) is 1.03. The molecule has 0 radical (unpaired) electrons. The minimum atomic E-state index is 0.306. The van der Waals surface area contributed by atoms with Crippen LogP contribution in [-0.2, 0) is 0 Å². The summed E-state index contributed by atoms with van der Waals surface area (Å²) < 4.78 is 5.43. The van der Waals surface area contributed by atoms with E-state index in [9.17, 15) is 0 Å². The summed E-state index contributed by atoms with van der Waals surface area (Å²) in [5.41, 5.74) is 0. The lowest BCUT2D eigenvalue weighted by molar-refractivity contribution is 0.0496. The molecule has 2 aliphatic rings. The Hall–Kier alpha value is -0.840. The SMILES string of the molecule is CC(NCCN1CCN2CCCCC2C1)c1ccco1. The van der Waals surface area contributed by atoms with Crippen molar-refractivity contribution in [2.24, 2.45) is 0 Å². The van der Waals surface area contributed by atoms with Crippen LogP contribution in [-0.4, -0.2) is 55.1 Å². The van der Waals surface area contributed by atoms with E-state index in [0.717, 1.165) is 24.9 Å². The fraction of sp³-hybridized carbons (Fsp3) is 0.750. The summed E-state index contributed by atoms with van der Waals surface area (Å²) in [4.78, 5) is 5.31. The summed E-state index contributed by atoms with van der Waals surface area (Å²) in [7, 11) is 0. The molecular weight excluding hydrogens is 250 g/mol. The van der Waals surface area contributed by atoms with E-state index in [1.165, 1.54) is 45.4 Å². The second-order valence-electron chi connectivity index (χ2n) is 6.18. The molecule has 3 heterocycles. The van der Waals surface area contributed by atoms with Gasteiger partial charge in [-0.05, 0) is 38.4 Å². The Labute approximate surface area is 122 Å². The lowest BCUT2D eigenvalue weighted by Gasteiger charge is -2.44. The maximum absolute atomic E-state index is 5.43. The van der Waals surface area contributed by atoms with Crippen LogP contribution in [0, 0.1) is 0 Å². The van der Waals surface area contributed by atoms with Crippen molar-refractivity contribution in [2.75, 3.05) is 39.3 Å². The molecule has 4 nitrogen and oxygen atoms in total. The van der Waals surface area contributed by atoms with Crippen LogP contribution < -0.4 is 5.32 Å². The molecule has 2 atom stereocenters. The van der Waals surface area contributed by atoms with Crippen LogP contribution in [0.5, 0.6) is 0 Å². The summed E-state index contributed by atoms with van der Waals surface area (Å²) in [5, 5.41) is 3.56. The number of piperidine rings is 1. The quantitative estimate of drug-likeness (QED) is 0.893. The topological polar surface area (TPSA) is 31.6 Å². The van der Waals surface area contributed by atoms with Crippen molar-refractivity contribution in [2.45, 2.75) is 38.3 Å². The second kappa shape index (κ2) is 6.74. The summed E-state index contributed by atoms with van der Waals surface area (Å²) in [6.45, 7) is 9.43. The van der Waals surface area contributed by atoms with Crippen molar-refractivity contribution in [1.29, 1.82) is 0 Å². The highest BCUT2D eigenvalue weighted by Crippen LogP contribution is 2.20. The third kappa shape index (κ3) is 3.43. The van der Waals surface area contributed by atoms with Gasteiger partial charge in [0.2, 0.25) is 0 Å². The number of rotatable bonds is 5. The first-order valence-corrected chi connectivity index (χ1v) is 8.06. The third-order valence-corrected chi connectivity index (χ3v) is 4.77. The first-order chi connectivity index (χ1) is 9.83. The number of hydrogen-bond acceptors (Lipinski definition) is 4. The second-order valence-corrected chi connectivity index (χ2v) is 6.18. The molecule has 1 aromatic heterocycles. The molecule has 1 N–H and O–H groups in total. The molecule has 2 aliphatic heterocycles. The highest BCUT2D eigenvalue weighted by Gasteiger charge is 2.28. The smallest absolute Gasteiger partial charge is 0.120 e. The van der Waals surface area contributed by atoms with Gasteiger partial charge in [-0.2, -0.15) is 0 Å². The van der Waals surface area contributed by atoms with Gasteiger partial charge in [-0.3, -0.25) is 9.80 Å². The van der Waals surface area contributed by atoms with E-state index < -0.39 is 0 Å². The van der Waals surface area contributed by atoms with Crippen LogP contribution >= 0.6 is 0 Å². The molecular formula is C16H27N3O. The number of nitrogens with one attached hydrogen (secondary N) is 1. The van der Waals surface area contributed by atoms with Crippen LogP contribution in [0.15, 0.2) is 22.8 Å². The number of nitrogens with zero attached hydrogens (tertiary/aromatic N) is 2. The molecule has 20 heavy (non-hydrogen) atoms. The Kier molecular flexibility index (Phi) is 4.76. The average molecular weight is 277 g/mol. The Morgan fingerprint density at radius 3 is 3.15 bits per heavy atom. The third-order valence-electron chi connectivity index (χ3n) is 4.77. The van der Waals surface area contributed by atoms with Crippen molar-refractivity contribution in [3.8, 4) is 0 Å². The van der Waals surface area contributed by atoms with Crippen molar-refractivity contribution in [3.63, 3.8) is 0 Å². The Balaban J connectivity index is 1.38. The normalized spacial score (nSPS) is 26.4. The van der Waals surface area contributed by atoms with E-state index in [-0.39, 0.29) is 0 Å². The van der Waals surface area contributed by atoms with Gasteiger partial charge in [-0.15, -0.1) is 0 Å². The molecule has 0 bridgehead atoms. The standard InChI is InChI=1S/C16H27N3O/c1-14(16-6-4-12-20-16)17-7-9-18-10-11-19-8-3-2-5-15(19)13-18/h4,6,12,14-15,17H,2-3,5,7-11,13H2,1H3. The summed E-state index contributed by atoms with van der Waals surface area (Å²) >= 11 is 0. The van der Waals surface area contributed by atoms with Crippen molar-refractivity contribution < 1.29 is 4.42 Å². The van der Waals surface area contributed by atoms with E-state index in [1.807, 2.05) is 12.1 Å². The number of hydrogen-bond donors (Lipinski definition) is 1. The molecule has 0 amide bonds. The Morgan fingerprint density at radius 2 is 2.30 bits per heavy atom. The Morgan fingerprint density at radius 1 is 1.35 bits per heavy atom. The van der Waals surface area contributed by atoms with E-state index in [2.05, 4.69) is 22.0 Å². The predicted octanol–water partition coefficient (Wildman–Crippen LogP) is 2.10. The average Bonchev–Trinajstić information content (AvgIpc) is 3.01. The maximum Gasteiger partial charge on any atom is 0.120 e. The lowest BCUT2D eigenvalue weighted by Crippen LogP contribution is -2.55. The largest absolute Gasteiger partial charge is 0.468 e. The zero-order chi connectivity index (χ0) is 13.8. The van der Waals surface area contributed by atoms with E-state index in [4.69, 9.17) is 4.42 Å². The molecule has 3 rings (SSSR count). The lowest BCUT2D eigenvalue weighted by atomic mass is 9.99. The van der Waals surface area contributed by atoms with Gasteiger partial charge in [0.1, 0.15) is 5.76 Å². The first kappa shape index (κ1) is 14.1. The van der Waals surface area contributed by atoms with Crippen LogP contribution in [0.3, 0.4) is 0 Å². The molecule has 0 spiro atoms. The number of furan rings is 1. The van der Waals surface area contributed by atoms with Gasteiger partial charge in [0.25, 0.3) is 0 Å². The van der Waals surface area contributed by atoms with E-state index in [1.54, 1.807) is 6.26 Å². The molecule has 2 saturated heterocycles. The fourth-order valence-corrected chi connectivity index (χ4v) is 3.50. The van der Waals surface area contributed by atoms with Gasteiger partial charge in [-0.25, -0.2) is 0 Å². The zero-order valence-corrected chi connectivity index (χ0v) is 12.6. The molecule has 0 aromatic carbocycles. The van der Waals surface area contributed by atoms with Gasteiger partial charge < -0.3 is 9.73 Å². The van der Waals surface area contributed by atoms with Crippen LogP contribution in [0.2, 0.25) is 0 Å². The van der Waals surface area contributed by atoms with Gasteiger partial charge in [0.15, 0.2) is 0 Å². The van der Waals surface area contributed by atoms with Crippen molar-refractivity contribution in [1.82, 2.24) is 15.1 Å². The fourth-order valence-electron chi connectivity index (χ4n) is 3.50. The highest BCUT2D eigenvalue weighted by molar-refractivity contribution is 5.02. The predicted molar refractivity (Wildman–Crippen MR) is 80.8 cm³/mol. The first-order valence-electron chi connectivity index (χ1n) is 8.06. The number of fused-ring (bicyclic) bond motifs is 1. The van der Waals surface area contributed by atoms with Gasteiger partial charge in [0.05, 0.1) is 12.3 Å². The van der Waals surface area contributed by atoms with Gasteiger partial charge in [0, 0.05) is 38.8 Å². The molecule has 2 unspecified atom stereocenters. The van der Waals surface area contributed by atoms with Crippen LogP contribution in [0.4, 0.5) is 0 Å². The molecule has 1 aromatic rings. The minimum absolute atomic E-state index is 0.306. The van der Waals surface area contributed by atoms with Crippen LogP contribution in [0.25, 0.3) is 0 Å². The highest BCUT2D eigenvalue weighted by atomic mass is 16.3. The van der Waals surface area contributed by atoms with E-state index >= 15 is 0 Å². The zero-order valence-electron chi connectivity index (χ0n) is 12.6. The number of piperazine rings is 1. The monoisotopic (exact) mass is 277 g/mol. The van der Waals surface area contributed by atoms with Crippen molar-refractivity contribution >= 4 is 0 Å². The summed E-state index contributed by atoms with van der Waals surface area (Å²) in [6.07, 6.45) is 5.96. The molecule has 4 heteroatoms. The molecule has 0 saturated carbocycles. The summed E-state index contributed by atoms with van der Waals surface area (Å²) in [6, 6.07) is 5.12. The molecule has 2 fully saturated rings.